The number of benzene rings is 3. The van der Waals surface area contributed by atoms with Crippen LogP contribution in [0.3, 0.4) is 0 Å². The maximum atomic E-state index is 13.9. The van der Waals surface area contributed by atoms with Crippen LogP contribution < -0.4 is 14.4 Å². The first kappa shape index (κ1) is 31.1. The first-order valence-corrected chi connectivity index (χ1v) is 15.0. The topological polar surface area (TPSA) is 96.0 Å². The number of sulfonamides is 1. The van der Waals surface area contributed by atoms with Gasteiger partial charge < -0.3 is 15.0 Å². The second kappa shape index (κ2) is 13.8. The number of hydrogen-bond acceptors (Lipinski definition) is 5. The molecule has 0 saturated carbocycles. The van der Waals surface area contributed by atoms with Gasteiger partial charge in [-0.3, -0.25) is 13.9 Å². The number of hydrogen-bond donors (Lipinski definition) is 1. The van der Waals surface area contributed by atoms with Crippen molar-refractivity contribution in [2.45, 2.75) is 51.2 Å². The van der Waals surface area contributed by atoms with Crippen LogP contribution in [-0.2, 0) is 26.2 Å². The van der Waals surface area contributed by atoms with Crippen LogP contribution in [0.4, 0.5) is 10.1 Å². The molecule has 0 aliphatic carbocycles. The highest BCUT2D eigenvalue weighted by Crippen LogP contribution is 2.27. The normalized spacial score (nSPS) is 12.1. The number of nitrogens with zero attached hydrogens (tertiary/aromatic N) is 2. The molecular weight excluding hydrogens is 601 g/mol. The number of amides is 2. The number of nitrogens with one attached hydrogen (secondary N) is 1. The Morgan fingerprint density at radius 2 is 1.55 bits per heavy atom. The molecule has 11 heteroatoms. The predicted octanol–water partition coefficient (Wildman–Crippen LogP) is 5.12. The largest absolute Gasteiger partial charge is 0.494 e. The van der Waals surface area contributed by atoms with E-state index in [-0.39, 0.29) is 29.1 Å². The third kappa shape index (κ3) is 8.04. The minimum atomic E-state index is -4.30. The zero-order chi connectivity index (χ0) is 29.4. The quantitative estimate of drug-likeness (QED) is 0.299. The van der Waals surface area contributed by atoms with Gasteiger partial charge >= 0.3 is 0 Å². The van der Waals surface area contributed by atoms with Gasteiger partial charge in [0.2, 0.25) is 11.8 Å². The van der Waals surface area contributed by atoms with Gasteiger partial charge in [-0.05, 0) is 93.9 Å². The Morgan fingerprint density at radius 3 is 2.10 bits per heavy atom. The number of carbonyl (C=O) groups excluding carboxylic acids is 2. The van der Waals surface area contributed by atoms with Gasteiger partial charge in [0.25, 0.3) is 10.0 Å². The average Bonchev–Trinajstić information content (AvgIpc) is 2.91. The number of halogens is 2. The Kier molecular flexibility index (Phi) is 10.7. The number of anilines is 1. The van der Waals surface area contributed by atoms with Crippen molar-refractivity contribution in [3.8, 4) is 5.75 Å². The van der Waals surface area contributed by atoms with Crippen LogP contribution in [-0.4, -0.2) is 50.4 Å². The van der Waals surface area contributed by atoms with Gasteiger partial charge in [0.15, 0.2) is 0 Å². The predicted molar refractivity (Wildman–Crippen MR) is 156 cm³/mol. The first-order chi connectivity index (χ1) is 18.9. The van der Waals surface area contributed by atoms with E-state index in [1.807, 2.05) is 45.0 Å². The fourth-order valence-corrected chi connectivity index (χ4v) is 5.59. The molecular formula is C29H33BrFN3O5S. The van der Waals surface area contributed by atoms with Crippen molar-refractivity contribution in [3.63, 3.8) is 0 Å². The number of ether oxygens (including phenoxy) is 1. The molecule has 0 aliphatic heterocycles. The van der Waals surface area contributed by atoms with Gasteiger partial charge in [-0.1, -0.05) is 28.1 Å². The minimum absolute atomic E-state index is 0.0759. The summed E-state index contributed by atoms with van der Waals surface area (Å²) >= 11 is 3.39. The van der Waals surface area contributed by atoms with Gasteiger partial charge in [-0.25, -0.2) is 12.8 Å². The Labute approximate surface area is 243 Å². The summed E-state index contributed by atoms with van der Waals surface area (Å²) in [7, 11) is -4.30. The van der Waals surface area contributed by atoms with E-state index in [1.54, 1.807) is 19.1 Å². The maximum Gasteiger partial charge on any atom is 0.264 e. The molecule has 0 heterocycles. The number of rotatable bonds is 12. The monoisotopic (exact) mass is 633 g/mol. The van der Waals surface area contributed by atoms with Crippen LogP contribution in [0.25, 0.3) is 0 Å². The zero-order valence-corrected chi connectivity index (χ0v) is 25.2. The van der Waals surface area contributed by atoms with E-state index in [0.717, 1.165) is 38.6 Å². The molecule has 2 amide bonds. The molecule has 0 aromatic heterocycles. The average molecular weight is 635 g/mol. The van der Waals surface area contributed by atoms with E-state index in [4.69, 9.17) is 4.74 Å². The highest BCUT2D eigenvalue weighted by Gasteiger charge is 2.32. The van der Waals surface area contributed by atoms with Crippen LogP contribution in [0.15, 0.2) is 82.2 Å². The molecule has 3 aromatic carbocycles. The highest BCUT2D eigenvalue weighted by molar-refractivity contribution is 9.10. The fourth-order valence-electron chi connectivity index (χ4n) is 3.91. The second-order valence-electron chi connectivity index (χ2n) is 9.38. The Morgan fingerprint density at radius 1 is 0.950 bits per heavy atom. The van der Waals surface area contributed by atoms with E-state index in [0.29, 0.717) is 12.4 Å². The smallest absolute Gasteiger partial charge is 0.264 e. The standard InChI is InChI=1S/C29H33BrFN3O5S/c1-5-39-26-14-12-25(13-15-26)34(40(37,38)27-16-10-24(31)11-17-27)19-28(35)33(21(4)29(36)32-20(2)3)18-22-6-8-23(30)9-7-22/h6-17,20-21H,5,18-19H2,1-4H3,(H,32,36)/t21-/m1/s1. The first-order valence-electron chi connectivity index (χ1n) is 12.8. The lowest BCUT2D eigenvalue weighted by atomic mass is 10.1. The lowest BCUT2D eigenvalue weighted by Gasteiger charge is -2.32. The Balaban J connectivity index is 2.02. The van der Waals surface area contributed by atoms with Crippen molar-refractivity contribution in [1.82, 2.24) is 10.2 Å². The summed E-state index contributed by atoms with van der Waals surface area (Å²) in [4.78, 5) is 28.0. The second-order valence-corrected chi connectivity index (χ2v) is 12.2. The molecule has 3 aromatic rings. The molecule has 1 N–H and O–H groups in total. The molecule has 0 radical (unpaired) electrons. The summed E-state index contributed by atoms with van der Waals surface area (Å²) in [5, 5.41) is 2.82. The summed E-state index contributed by atoms with van der Waals surface area (Å²) in [6.45, 7) is 6.97. The van der Waals surface area contributed by atoms with Crippen molar-refractivity contribution in [2.75, 3.05) is 17.5 Å². The van der Waals surface area contributed by atoms with Gasteiger partial charge in [0.1, 0.15) is 24.2 Å². The molecule has 0 unspecified atom stereocenters. The van der Waals surface area contributed by atoms with Crippen molar-refractivity contribution >= 4 is 43.5 Å². The lowest BCUT2D eigenvalue weighted by Crippen LogP contribution is -2.52. The number of carbonyl (C=O) groups is 2. The maximum absolute atomic E-state index is 13.9. The van der Waals surface area contributed by atoms with Crippen molar-refractivity contribution in [3.05, 3.63) is 88.6 Å². The lowest BCUT2D eigenvalue weighted by molar-refractivity contribution is -0.139. The van der Waals surface area contributed by atoms with Crippen molar-refractivity contribution in [2.24, 2.45) is 0 Å². The summed E-state index contributed by atoms with van der Waals surface area (Å²) in [6.07, 6.45) is 0. The molecule has 0 fully saturated rings. The van der Waals surface area contributed by atoms with Crippen LogP contribution in [0.1, 0.15) is 33.3 Å². The highest BCUT2D eigenvalue weighted by atomic mass is 79.9. The third-order valence-corrected chi connectivity index (χ3v) is 8.30. The van der Waals surface area contributed by atoms with Crippen LogP contribution in [0.2, 0.25) is 0 Å². The summed E-state index contributed by atoms with van der Waals surface area (Å²) in [5.74, 6) is -1.01. The van der Waals surface area contributed by atoms with E-state index in [1.165, 1.54) is 17.0 Å². The molecule has 40 heavy (non-hydrogen) atoms. The van der Waals surface area contributed by atoms with E-state index in [9.17, 15) is 22.4 Å². The molecule has 214 valence electrons. The molecule has 1 atom stereocenters. The van der Waals surface area contributed by atoms with Gasteiger partial charge in [0.05, 0.1) is 17.2 Å². The van der Waals surface area contributed by atoms with E-state index >= 15 is 0 Å². The molecule has 3 rings (SSSR count). The molecule has 0 aliphatic rings. The molecule has 8 nitrogen and oxygen atoms in total. The van der Waals surface area contributed by atoms with E-state index in [2.05, 4.69) is 21.2 Å². The summed E-state index contributed by atoms with van der Waals surface area (Å²) < 4.78 is 48.4. The van der Waals surface area contributed by atoms with Crippen LogP contribution in [0, 0.1) is 5.82 Å². The third-order valence-electron chi connectivity index (χ3n) is 5.98. The van der Waals surface area contributed by atoms with Gasteiger partial charge in [-0.15, -0.1) is 0 Å². The zero-order valence-electron chi connectivity index (χ0n) is 22.8. The Hall–Kier alpha value is -3.44. The van der Waals surface area contributed by atoms with Crippen LogP contribution in [0.5, 0.6) is 5.75 Å². The SMILES string of the molecule is CCOc1ccc(N(CC(=O)N(Cc2ccc(Br)cc2)[C@H](C)C(=O)NC(C)C)S(=O)(=O)c2ccc(F)cc2)cc1. The fraction of sp³-hybridized carbons (Fsp3) is 0.310. The molecule has 0 spiro atoms. The molecule has 0 bridgehead atoms. The van der Waals surface area contributed by atoms with Crippen LogP contribution >= 0.6 is 15.9 Å². The Bertz CT molecular complexity index is 1400. The summed E-state index contributed by atoms with van der Waals surface area (Å²) in [5.41, 5.74) is 0.971. The van der Waals surface area contributed by atoms with Gasteiger partial charge in [-0.2, -0.15) is 0 Å². The minimum Gasteiger partial charge on any atom is -0.494 e. The molecule has 0 saturated heterocycles. The van der Waals surface area contributed by atoms with Gasteiger partial charge in [0, 0.05) is 17.1 Å². The van der Waals surface area contributed by atoms with Crippen molar-refractivity contribution < 1.29 is 27.1 Å². The summed E-state index contributed by atoms with van der Waals surface area (Å²) in [6, 6.07) is 16.9. The van der Waals surface area contributed by atoms with Crippen molar-refractivity contribution in [1.29, 1.82) is 0 Å². The van der Waals surface area contributed by atoms with E-state index < -0.39 is 34.3 Å².